The minimum atomic E-state index is -1.29. The van der Waals surface area contributed by atoms with Gasteiger partial charge in [-0.05, 0) is 41.1 Å². The van der Waals surface area contributed by atoms with Crippen LogP contribution in [0.25, 0.3) is 10.9 Å². The highest BCUT2D eigenvalue weighted by Crippen LogP contribution is 2.26. The normalized spacial score (nSPS) is 12.3. The van der Waals surface area contributed by atoms with Gasteiger partial charge in [0.25, 0.3) is 0 Å². The number of fused-ring (bicyclic) bond motifs is 1. The van der Waals surface area contributed by atoms with Gasteiger partial charge in [-0.2, -0.15) is 0 Å². The number of hydrogen-bond donors (Lipinski definition) is 0. The SMILES string of the molecule is Cc1ccc2c(I)cn([Si](C)(C)C)c2c1. The molecule has 15 heavy (non-hydrogen) atoms. The zero-order valence-electron chi connectivity index (χ0n) is 9.63. The largest absolute Gasteiger partial charge is 0.374 e. The lowest BCUT2D eigenvalue weighted by Gasteiger charge is -2.20. The van der Waals surface area contributed by atoms with Crippen molar-refractivity contribution in [2.75, 3.05) is 0 Å². The predicted molar refractivity (Wildman–Crippen MR) is 78.1 cm³/mol. The Morgan fingerprint density at radius 1 is 1.20 bits per heavy atom. The van der Waals surface area contributed by atoms with Crippen LogP contribution in [0.1, 0.15) is 5.56 Å². The lowest BCUT2D eigenvalue weighted by atomic mass is 10.2. The molecule has 0 fully saturated rings. The summed E-state index contributed by atoms with van der Waals surface area (Å²) in [5.41, 5.74) is 2.75. The Kier molecular flexibility index (Phi) is 2.71. The molecule has 3 heteroatoms. The molecule has 2 aromatic rings. The first-order chi connectivity index (χ1) is 6.89. The average Bonchev–Trinajstić information content (AvgIpc) is 2.42. The third-order valence-electron chi connectivity index (χ3n) is 2.64. The topological polar surface area (TPSA) is 4.93 Å². The maximum Gasteiger partial charge on any atom is 0.152 e. The summed E-state index contributed by atoms with van der Waals surface area (Å²) in [6, 6.07) is 6.73. The summed E-state index contributed by atoms with van der Waals surface area (Å²) in [5.74, 6) is 0. The van der Waals surface area contributed by atoms with Gasteiger partial charge < -0.3 is 4.23 Å². The van der Waals surface area contributed by atoms with Crippen molar-refractivity contribution >= 4 is 41.7 Å². The second-order valence-corrected chi connectivity index (χ2v) is 11.0. The van der Waals surface area contributed by atoms with Crippen LogP contribution in [0.3, 0.4) is 0 Å². The highest BCUT2D eigenvalue weighted by molar-refractivity contribution is 14.1. The van der Waals surface area contributed by atoms with E-state index in [1.54, 1.807) is 0 Å². The van der Waals surface area contributed by atoms with Crippen LogP contribution in [0.15, 0.2) is 24.4 Å². The molecule has 1 heterocycles. The van der Waals surface area contributed by atoms with Crippen molar-refractivity contribution in [3.63, 3.8) is 0 Å². The second kappa shape index (κ2) is 3.63. The standard InChI is InChI=1S/C12H16INSi/c1-9-5-6-10-11(13)8-14(12(10)7-9)15(2,3)4/h5-8H,1-4H3. The fourth-order valence-corrected chi connectivity index (χ4v) is 4.27. The Labute approximate surface area is 106 Å². The van der Waals surface area contributed by atoms with Crippen LogP contribution >= 0.6 is 22.6 Å². The van der Waals surface area contributed by atoms with Gasteiger partial charge in [0.15, 0.2) is 8.24 Å². The Morgan fingerprint density at radius 2 is 1.87 bits per heavy atom. The molecule has 0 spiro atoms. The molecule has 0 aliphatic rings. The Bertz CT molecular complexity index is 508. The van der Waals surface area contributed by atoms with Gasteiger partial charge >= 0.3 is 0 Å². The maximum atomic E-state index is 2.50. The third kappa shape index (κ3) is 1.99. The minimum absolute atomic E-state index is 1.29. The van der Waals surface area contributed by atoms with Crippen LogP contribution in [0.5, 0.6) is 0 Å². The molecule has 0 unspecified atom stereocenters. The van der Waals surface area contributed by atoms with Gasteiger partial charge in [0, 0.05) is 20.7 Å². The minimum Gasteiger partial charge on any atom is -0.374 e. The molecule has 0 aliphatic heterocycles. The van der Waals surface area contributed by atoms with E-state index in [-0.39, 0.29) is 0 Å². The van der Waals surface area contributed by atoms with Gasteiger partial charge in [0.05, 0.1) is 0 Å². The lowest BCUT2D eigenvalue weighted by Crippen LogP contribution is -2.31. The van der Waals surface area contributed by atoms with Gasteiger partial charge in [0.1, 0.15) is 0 Å². The van der Waals surface area contributed by atoms with Crippen LogP contribution in [0.2, 0.25) is 19.6 Å². The van der Waals surface area contributed by atoms with Crippen molar-refractivity contribution in [3.05, 3.63) is 33.5 Å². The van der Waals surface area contributed by atoms with E-state index >= 15 is 0 Å². The summed E-state index contributed by atoms with van der Waals surface area (Å²) >= 11 is 2.43. The fourth-order valence-electron chi connectivity index (χ4n) is 1.85. The number of halogens is 1. The molecular weight excluding hydrogens is 313 g/mol. The molecule has 1 aromatic heterocycles. The summed E-state index contributed by atoms with van der Waals surface area (Å²) in [6.07, 6.45) is 2.30. The molecular formula is C12H16INSi. The van der Waals surface area contributed by atoms with Crippen molar-refractivity contribution in [1.29, 1.82) is 0 Å². The second-order valence-electron chi connectivity index (χ2n) is 5.04. The predicted octanol–water partition coefficient (Wildman–Crippen LogP) is 4.24. The smallest absolute Gasteiger partial charge is 0.152 e. The van der Waals surface area contributed by atoms with Gasteiger partial charge in [-0.25, -0.2) is 0 Å². The molecule has 1 nitrogen and oxygen atoms in total. The summed E-state index contributed by atoms with van der Waals surface area (Å²) in [7, 11) is -1.29. The van der Waals surface area contributed by atoms with Crippen LogP contribution in [-0.2, 0) is 0 Å². The highest BCUT2D eigenvalue weighted by atomic mass is 127. The first-order valence-electron chi connectivity index (χ1n) is 5.17. The number of rotatable bonds is 1. The van der Waals surface area contributed by atoms with Gasteiger partial charge in [-0.1, -0.05) is 31.8 Å². The number of nitrogens with zero attached hydrogens (tertiary/aromatic N) is 1. The van der Waals surface area contributed by atoms with Crippen LogP contribution in [0.4, 0.5) is 0 Å². The molecule has 0 aliphatic carbocycles. The van der Waals surface area contributed by atoms with E-state index in [0.29, 0.717) is 0 Å². The van der Waals surface area contributed by atoms with Crippen molar-refractivity contribution < 1.29 is 0 Å². The fraction of sp³-hybridized carbons (Fsp3) is 0.333. The van der Waals surface area contributed by atoms with Crippen molar-refractivity contribution in [1.82, 2.24) is 4.23 Å². The molecule has 0 saturated carbocycles. The molecule has 0 N–H and O–H groups in total. The van der Waals surface area contributed by atoms with Gasteiger partial charge in [-0.3, -0.25) is 0 Å². The van der Waals surface area contributed by atoms with Gasteiger partial charge in [0.2, 0.25) is 0 Å². The first kappa shape index (κ1) is 11.2. The number of aryl methyl sites for hydroxylation is 1. The maximum absolute atomic E-state index is 2.50. The van der Waals surface area contributed by atoms with E-state index < -0.39 is 8.24 Å². The summed E-state index contributed by atoms with van der Waals surface area (Å²) < 4.78 is 3.86. The summed E-state index contributed by atoms with van der Waals surface area (Å²) in [4.78, 5) is 0. The van der Waals surface area contributed by atoms with Crippen LogP contribution in [0, 0.1) is 10.5 Å². The van der Waals surface area contributed by atoms with E-state index in [9.17, 15) is 0 Å². The van der Waals surface area contributed by atoms with Crippen molar-refractivity contribution in [2.24, 2.45) is 0 Å². The first-order valence-corrected chi connectivity index (χ1v) is 9.70. The molecule has 0 atom stereocenters. The van der Waals surface area contributed by atoms with E-state index in [1.807, 2.05) is 0 Å². The summed E-state index contributed by atoms with van der Waals surface area (Å²) in [6.45, 7) is 9.30. The Hall–Kier alpha value is -0.293. The Balaban J connectivity index is 2.81. The Morgan fingerprint density at radius 3 is 2.47 bits per heavy atom. The van der Waals surface area contributed by atoms with Crippen molar-refractivity contribution in [3.8, 4) is 0 Å². The number of aromatic nitrogens is 1. The zero-order chi connectivity index (χ0) is 11.2. The van der Waals surface area contributed by atoms with E-state index in [4.69, 9.17) is 0 Å². The van der Waals surface area contributed by atoms with Crippen LogP contribution in [-0.4, -0.2) is 12.5 Å². The number of benzene rings is 1. The van der Waals surface area contributed by atoms with E-state index in [1.165, 1.54) is 20.0 Å². The highest BCUT2D eigenvalue weighted by Gasteiger charge is 2.19. The molecule has 80 valence electrons. The lowest BCUT2D eigenvalue weighted by molar-refractivity contribution is 1.19. The zero-order valence-corrected chi connectivity index (χ0v) is 12.8. The quantitative estimate of drug-likeness (QED) is 0.545. The molecule has 0 radical (unpaired) electrons. The molecule has 0 bridgehead atoms. The molecule has 1 aromatic carbocycles. The van der Waals surface area contributed by atoms with Gasteiger partial charge in [-0.15, -0.1) is 0 Å². The average molecular weight is 329 g/mol. The molecule has 0 amide bonds. The van der Waals surface area contributed by atoms with E-state index in [0.717, 1.165) is 0 Å². The van der Waals surface area contributed by atoms with Crippen LogP contribution < -0.4 is 0 Å². The van der Waals surface area contributed by atoms with E-state index in [2.05, 4.69) is 77.8 Å². The third-order valence-corrected chi connectivity index (χ3v) is 5.31. The monoisotopic (exact) mass is 329 g/mol. The molecule has 0 saturated heterocycles. The van der Waals surface area contributed by atoms with Crippen molar-refractivity contribution in [2.45, 2.75) is 26.6 Å². The molecule has 2 rings (SSSR count). The number of hydrogen-bond acceptors (Lipinski definition) is 0. The summed E-state index contributed by atoms with van der Waals surface area (Å²) in [5, 5.41) is 1.39.